The number of nitrogens with one attached hydrogen (secondary N) is 1. The molecular formula is C15H25N3. The predicted octanol–water partition coefficient (Wildman–Crippen LogP) is 3.23. The summed E-state index contributed by atoms with van der Waals surface area (Å²) in [6.45, 7) is 7.83. The van der Waals surface area contributed by atoms with Crippen LogP contribution in [0.25, 0.3) is 0 Å². The second kappa shape index (κ2) is 5.89. The highest BCUT2D eigenvalue weighted by Crippen LogP contribution is 2.22. The van der Waals surface area contributed by atoms with E-state index in [1.54, 1.807) is 0 Å². The zero-order chi connectivity index (χ0) is 13.8. The molecule has 3 nitrogen and oxygen atoms in total. The van der Waals surface area contributed by atoms with E-state index < -0.39 is 0 Å². The summed E-state index contributed by atoms with van der Waals surface area (Å²) >= 11 is 0. The summed E-state index contributed by atoms with van der Waals surface area (Å²) < 4.78 is 0. The number of hydrogen-bond donors (Lipinski definition) is 2. The van der Waals surface area contributed by atoms with Crippen molar-refractivity contribution in [2.24, 2.45) is 11.1 Å². The van der Waals surface area contributed by atoms with Crippen LogP contribution in [0, 0.1) is 10.8 Å². The zero-order valence-corrected chi connectivity index (χ0v) is 12.0. The molecular weight excluding hydrogens is 222 g/mol. The Labute approximate surface area is 111 Å². The van der Waals surface area contributed by atoms with Crippen LogP contribution in [0.2, 0.25) is 0 Å². The van der Waals surface area contributed by atoms with Crippen molar-refractivity contribution in [1.29, 1.82) is 5.41 Å². The zero-order valence-electron chi connectivity index (χ0n) is 12.0. The second-order valence-electron chi connectivity index (χ2n) is 6.05. The van der Waals surface area contributed by atoms with E-state index in [0.29, 0.717) is 5.41 Å². The lowest BCUT2D eigenvalue weighted by molar-refractivity contribution is 0.367. The quantitative estimate of drug-likeness (QED) is 0.620. The molecule has 1 aromatic carbocycles. The lowest BCUT2D eigenvalue weighted by Crippen LogP contribution is -2.21. The van der Waals surface area contributed by atoms with Crippen molar-refractivity contribution < 1.29 is 0 Å². The Balaban J connectivity index is 2.59. The molecule has 0 unspecified atom stereocenters. The fourth-order valence-electron chi connectivity index (χ4n) is 1.89. The molecule has 0 heterocycles. The van der Waals surface area contributed by atoms with Gasteiger partial charge in [0.05, 0.1) is 0 Å². The molecule has 0 atom stereocenters. The van der Waals surface area contributed by atoms with E-state index >= 15 is 0 Å². The van der Waals surface area contributed by atoms with Crippen LogP contribution >= 0.6 is 0 Å². The molecule has 3 N–H and O–H groups in total. The molecule has 0 saturated heterocycles. The van der Waals surface area contributed by atoms with Crippen LogP contribution in [0.5, 0.6) is 0 Å². The van der Waals surface area contributed by atoms with E-state index in [1.807, 2.05) is 18.2 Å². The van der Waals surface area contributed by atoms with E-state index in [-0.39, 0.29) is 5.84 Å². The smallest absolute Gasteiger partial charge is 0.122 e. The van der Waals surface area contributed by atoms with Gasteiger partial charge in [-0.2, -0.15) is 0 Å². The van der Waals surface area contributed by atoms with Gasteiger partial charge in [-0.05, 0) is 30.4 Å². The van der Waals surface area contributed by atoms with Crippen molar-refractivity contribution >= 4 is 11.5 Å². The first-order valence-corrected chi connectivity index (χ1v) is 6.45. The Hall–Kier alpha value is -1.51. The highest BCUT2D eigenvalue weighted by molar-refractivity contribution is 5.95. The number of amidine groups is 1. The van der Waals surface area contributed by atoms with Gasteiger partial charge in [-0.1, -0.05) is 32.9 Å². The van der Waals surface area contributed by atoms with Crippen LogP contribution in [0.1, 0.15) is 39.2 Å². The van der Waals surface area contributed by atoms with Crippen molar-refractivity contribution in [3.8, 4) is 0 Å². The molecule has 0 aromatic heterocycles. The molecule has 18 heavy (non-hydrogen) atoms. The summed E-state index contributed by atoms with van der Waals surface area (Å²) in [5, 5.41) is 7.45. The van der Waals surface area contributed by atoms with Crippen LogP contribution < -0.4 is 10.6 Å². The molecule has 0 radical (unpaired) electrons. The fraction of sp³-hybridized carbons (Fsp3) is 0.533. The Bertz CT molecular complexity index is 404. The third-order valence-corrected chi connectivity index (χ3v) is 3.02. The number of nitrogens with zero attached hydrogens (tertiary/aromatic N) is 1. The third-order valence-electron chi connectivity index (χ3n) is 3.02. The molecule has 0 spiro atoms. The Morgan fingerprint density at radius 2 is 2.00 bits per heavy atom. The van der Waals surface area contributed by atoms with Gasteiger partial charge in [0.15, 0.2) is 0 Å². The minimum absolute atomic E-state index is 0.125. The first-order chi connectivity index (χ1) is 8.29. The molecule has 1 rings (SSSR count). The molecule has 0 aliphatic rings. The predicted molar refractivity (Wildman–Crippen MR) is 79.4 cm³/mol. The number of hydrogen-bond acceptors (Lipinski definition) is 2. The molecule has 0 fully saturated rings. The van der Waals surface area contributed by atoms with Gasteiger partial charge in [0.2, 0.25) is 0 Å². The van der Waals surface area contributed by atoms with Gasteiger partial charge in [0.1, 0.15) is 5.84 Å². The minimum atomic E-state index is 0.125. The summed E-state index contributed by atoms with van der Waals surface area (Å²) in [5.41, 5.74) is 7.80. The fourth-order valence-corrected chi connectivity index (χ4v) is 1.89. The maximum absolute atomic E-state index is 7.45. The lowest BCUT2D eigenvalue weighted by Gasteiger charge is -2.23. The molecule has 0 aliphatic heterocycles. The standard InChI is InChI=1S/C15H25N3/c1-15(2,3)9-6-10-18(4)13-8-5-7-12(11-13)14(16)17/h5,7-8,11H,6,9-10H2,1-4H3,(H3,16,17). The van der Waals surface area contributed by atoms with Crippen molar-refractivity contribution in [2.75, 3.05) is 18.5 Å². The van der Waals surface area contributed by atoms with E-state index in [0.717, 1.165) is 17.8 Å². The Morgan fingerprint density at radius 1 is 1.33 bits per heavy atom. The largest absolute Gasteiger partial charge is 0.384 e. The average Bonchev–Trinajstić information content (AvgIpc) is 2.27. The van der Waals surface area contributed by atoms with Gasteiger partial charge in [-0.15, -0.1) is 0 Å². The number of rotatable bonds is 5. The summed E-state index contributed by atoms with van der Waals surface area (Å²) in [5.74, 6) is 0.125. The molecule has 3 heteroatoms. The number of anilines is 1. The Morgan fingerprint density at radius 3 is 2.56 bits per heavy atom. The maximum Gasteiger partial charge on any atom is 0.122 e. The van der Waals surface area contributed by atoms with Crippen LogP contribution in [0.4, 0.5) is 5.69 Å². The first kappa shape index (κ1) is 14.6. The molecule has 0 aliphatic carbocycles. The van der Waals surface area contributed by atoms with Gasteiger partial charge >= 0.3 is 0 Å². The van der Waals surface area contributed by atoms with Gasteiger partial charge in [-0.25, -0.2) is 0 Å². The summed E-state index contributed by atoms with van der Waals surface area (Å²) in [4.78, 5) is 2.22. The van der Waals surface area contributed by atoms with E-state index in [4.69, 9.17) is 11.1 Å². The molecule has 100 valence electrons. The number of nitrogens with two attached hydrogens (primary N) is 1. The normalized spacial score (nSPS) is 11.3. The van der Waals surface area contributed by atoms with Crippen LogP contribution in [-0.4, -0.2) is 19.4 Å². The van der Waals surface area contributed by atoms with Crippen LogP contribution in [-0.2, 0) is 0 Å². The summed E-state index contributed by atoms with van der Waals surface area (Å²) in [6, 6.07) is 7.85. The topological polar surface area (TPSA) is 53.1 Å². The van der Waals surface area contributed by atoms with E-state index in [2.05, 4.69) is 38.8 Å². The van der Waals surface area contributed by atoms with Gasteiger partial charge in [0, 0.05) is 24.8 Å². The van der Waals surface area contributed by atoms with Crippen molar-refractivity contribution in [1.82, 2.24) is 0 Å². The number of nitrogen functional groups attached to an aromatic ring is 1. The Kier molecular flexibility index (Phi) is 4.76. The second-order valence-corrected chi connectivity index (χ2v) is 6.05. The SMILES string of the molecule is CN(CCCC(C)(C)C)c1cccc(C(=N)N)c1. The van der Waals surface area contributed by atoms with E-state index in [9.17, 15) is 0 Å². The van der Waals surface area contributed by atoms with Crippen molar-refractivity contribution in [3.05, 3.63) is 29.8 Å². The van der Waals surface area contributed by atoms with Gasteiger partial charge in [0.25, 0.3) is 0 Å². The van der Waals surface area contributed by atoms with Crippen molar-refractivity contribution in [2.45, 2.75) is 33.6 Å². The first-order valence-electron chi connectivity index (χ1n) is 6.45. The average molecular weight is 247 g/mol. The van der Waals surface area contributed by atoms with Crippen LogP contribution in [0.3, 0.4) is 0 Å². The van der Waals surface area contributed by atoms with Crippen LogP contribution in [0.15, 0.2) is 24.3 Å². The van der Waals surface area contributed by atoms with E-state index in [1.165, 1.54) is 12.8 Å². The highest BCUT2D eigenvalue weighted by atomic mass is 15.1. The van der Waals surface area contributed by atoms with Gasteiger partial charge in [-0.3, -0.25) is 5.41 Å². The maximum atomic E-state index is 7.45. The summed E-state index contributed by atoms with van der Waals surface area (Å²) in [7, 11) is 2.09. The molecule has 0 amide bonds. The minimum Gasteiger partial charge on any atom is -0.384 e. The highest BCUT2D eigenvalue weighted by Gasteiger charge is 2.10. The number of benzene rings is 1. The monoisotopic (exact) mass is 247 g/mol. The molecule has 0 bridgehead atoms. The molecule has 0 saturated carbocycles. The lowest BCUT2D eigenvalue weighted by atomic mass is 9.90. The third kappa shape index (κ3) is 4.78. The summed E-state index contributed by atoms with van der Waals surface area (Å²) in [6.07, 6.45) is 2.38. The molecule has 1 aromatic rings. The van der Waals surface area contributed by atoms with Crippen molar-refractivity contribution in [3.63, 3.8) is 0 Å². The van der Waals surface area contributed by atoms with Gasteiger partial charge < -0.3 is 10.6 Å².